The smallest absolute Gasteiger partial charge is 0.161 e. The van der Waals surface area contributed by atoms with Gasteiger partial charge in [-0.3, -0.25) is 0 Å². The Labute approximate surface area is 101 Å². The molecule has 4 nitrogen and oxygen atoms in total. The summed E-state index contributed by atoms with van der Waals surface area (Å²) in [4.78, 5) is 0. The van der Waals surface area contributed by atoms with E-state index in [1.807, 2.05) is 12.1 Å². The molecule has 2 atom stereocenters. The van der Waals surface area contributed by atoms with E-state index in [2.05, 4.69) is 0 Å². The Hall–Kier alpha value is -1.26. The predicted octanol–water partition coefficient (Wildman–Crippen LogP) is 1.57. The molecular formula is C13H19NO3. The maximum Gasteiger partial charge on any atom is 0.161 e. The van der Waals surface area contributed by atoms with Crippen molar-refractivity contribution in [1.29, 1.82) is 0 Å². The molecule has 0 spiro atoms. The van der Waals surface area contributed by atoms with E-state index in [1.54, 1.807) is 14.2 Å². The van der Waals surface area contributed by atoms with Crippen LogP contribution in [-0.4, -0.2) is 25.9 Å². The Balaban J connectivity index is 2.43. The lowest BCUT2D eigenvalue weighted by Gasteiger charge is -2.13. The first-order valence-electron chi connectivity index (χ1n) is 5.85. The van der Waals surface area contributed by atoms with Gasteiger partial charge >= 0.3 is 0 Å². The van der Waals surface area contributed by atoms with Gasteiger partial charge in [0.2, 0.25) is 0 Å². The van der Waals surface area contributed by atoms with E-state index in [0.717, 1.165) is 24.0 Å². The highest BCUT2D eigenvalue weighted by Gasteiger charge is 2.30. The second kappa shape index (κ2) is 4.94. The van der Waals surface area contributed by atoms with Gasteiger partial charge in [-0.2, -0.15) is 0 Å². The topological polar surface area (TPSA) is 64.7 Å². The van der Waals surface area contributed by atoms with Gasteiger partial charge in [0.15, 0.2) is 11.5 Å². The third-order valence-electron chi connectivity index (χ3n) is 3.41. The monoisotopic (exact) mass is 237 g/mol. The minimum Gasteiger partial charge on any atom is -0.493 e. The van der Waals surface area contributed by atoms with Gasteiger partial charge in [0, 0.05) is 0 Å². The maximum absolute atomic E-state index is 10.0. The lowest BCUT2D eigenvalue weighted by Crippen LogP contribution is -2.05. The van der Waals surface area contributed by atoms with Crippen molar-refractivity contribution in [3.8, 4) is 11.5 Å². The Morgan fingerprint density at radius 1 is 1.24 bits per heavy atom. The largest absolute Gasteiger partial charge is 0.493 e. The number of rotatable bonds is 4. The van der Waals surface area contributed by atoms with Crippen molar-refractivity contribution in [3.63, 3.8) is 0 Å². The van der Waals surface area contributed by atoms with Crippen LogP contribution in [0.2, 0.25) is 0 Å². The summed E-state index contributed by atoms with van der Waals surface area (Å²) in [7, 11) is 3.22. The lowest BCUT2D eigenvalue weighted by atomic mass is 9.97. The highest BCUT2D eigenvalue weighted by Crippen LogP contribution is 2.46. The van der Waals surface area contributed by atoms with Gasteiger partial charge in [-0.15, -0.1) is 0 Å². The summed E-state index contributed by atoms with van der Waals surface area (Å²) in [5.41, 5.74) is 7.68. The summed E-state index contributed by atoms with van der Waals surface area (Å²) >= 11 is 0. The minimum absolute atomic E-state index is 0.324. The van der Waals surface area contributed by atoms with Crippen LogP contribution >= 0.6 is 0 Å². The summed E-state index contributed by atoms with van der Waals surface area (Å²) in [6.45, 7) is 0.630. The van der Waals surface area contributed by atoms with Gasteiger partial charge in [-0.25, -0.2) is 0 Å². The van der Waals surface area contributed by atoms with Gasteiger partial charge in [-0.05, 0) is 48.6 Å². The highest BCUT2D eigenvalue weighted by molar-refractivity contribution is 5.51. The molecule has 1 aromatic rings. The van der Waals surface area contributed by atoms with Gasteiger partial charge in [0.05, 0.1) is 20.3 Å². The van der Waals surface area contributed by atoms with Crippen LogP contribution in [0.5, 0.6) is 11.5 Å². The van der Waals surface area contributed by atoms with Crippen LogP contribution < -0.4 is 15.2 Å². The molecule has 2 rings (SSSR count). The zero-order valence-electron chi connectivity index (χ0n) is 10.3. The van der Waals surface area contributed by atoms with Gasteiger partial charge in [0.1, 0.15) is 0 Å². The Kier molecular flexibility index (Phi) is 3.54. The molecule has 0 aromatic heterocycles. The Morgan fingerprint density at radius 3 is 2.35 bits per heavy atom. The molecule has 3 N–H and O–H groups in total. The molecule has 17 heavy (non-hydrogen) atoms. The van der Waals surface area contributed by atoms with Crippen LogP contribution in [0.1, 0.15) is 36.0 Å². The SMILES string of the molecule is COc1cc2c(cc1OC)C(CCN)CC2O. The molecule has 0 fully saturated rings. The third kappa shape index (κ3) is 2.10. The lowest BCUT2D eigenvalue weighted by molar-refractivity contribution is 0.172. The number of aliphatic hydroxyl groups excluding tert-OH is 1. The summed E-state index contributed by atoms with van der Waals surface area (Å²) in [6.07, 6.45) is 1.21. The fraction of sp³-hybridized carbons (Fsp3) is 0.538. The number of aliphatic hydroxyl groups is 1. The molecule has 4 heteroatoms. The van der Waals surface area contributed by atoms with Crippen molar-refractivity contribution in [3.05, 3.63) is 23.3 Å². The van der Waals surface area contributed by atoms with Crippen molar-refractivity contribution in [2.45, 2.75) is 24.9 Å². The third-order valence-corrected chi connectivity index (χ3v) is 3.41. The van der Waals surface area contributed by atoms with E-state index in [4.69, 9.17) is 15.2 Å². The molecule has 0 heterocycles. The van der Waals surface area contributed by atoms with Gasteiger partial charge < -0.3 is 20.3 Å². The van der Waals surface area contributed by atoms with E-state index in [1.165, 1.54) is 0 Å². The fourth-order valence-electron chi connectivity index (χ4n) is 2.55. The molecule has 1 aliphatic rings. The Bertz CT molecular complexity index is 406. The van der Waals surface area contributed by atoms with E-state index < -0.39 is 6.10 Å². The zero-order chi connectivity index (χ0) is 12.4. The molecule has 2 unspecified atom stereocenters. The molecule has 0 saturated heterocycles. The van der Waals surface area contributed by atoms with Crippen LogP contribution in [0.25, 0.3) is 0 Å². The van der Waals surface area contributed by atoms with Crippen LogP contribution in [-0.2, 0) is 0 Å². The molecule has 0 radical (unpaired) electrons. The molecule has 1 aliphatic carbocycles. The molecule has 0 amide bonds. The van der Waals surface area contributed by atoms with E-state index in [9.17, 15) is 5.11 Å². The Morgan fingerprint density at radius 2 is 1.82 bits per heavy atom. The quantitative estimate of drug-likeness (QED) is 0.834. The van der Waals surface area contributed by atoms with Crippen LogP contribution in [0.4, 0.5) is 0 Å². The van der Waals surface area contributed by atoms with Gasteiger partial charge in [0.25, 0.3) is 0 Å². The van der Waals surface area contributed by atoms with Crippen molar-refractivity contribution in [2.24, 2.45) is 5.73 Å². The average molecular weight is 237 g/mol. The molecular weight excluding hydrogens is 218 g/mol. The summed E-state index contributed by atoms with van der Waals surface area (Å²) in [5.74, 6) is 1.70. The maximum atomic E-state index is 10.0. The van der Waals surface area contributed by atoms with Crippen molar-refractivity contribution in [2.75, 3.05) is 20.8 Å². The van der Waals surface area contributed by atoms with Gasteiger partial charge in [-0.1, -0.05) is 0 Å². The number of ether oxygens (including phenoxy) is 2. The van der Waals surface area contributed by atoms with E-state index in [-0.39, 0.29) is 0 Å². The predicted molar refractivity (Wildman–Crippen MR) is 65.5 cm³/mol. The van der Waals surface area contributed by atoms with Crippen LogP contribution in [0.3, 0.4) is 0 Å². The number of fused-ring (bicyclic) bond motifs is 1. The van der Waals surface area contributed by atoms with E-state index >= 15 is 0 Å². The number of methoxy groups -OCH3 is 2. The van der Waals surface area contributed by atoms with Crippen LogP contribution in [0, 0.1) is 0 Å². The number of hydrogen-bond donors (Lipinski definition) is 2. The molecule has 0 bridgehead atoms. The zero-order valence-corrected chi connectivity index (χ0v) is 10.3. The summed E-state index contributed by atoms with van der Waals surface area (Å²) in [5, 5.41) is 10.0. The second-order valence-electron chi connectivity index (χ2n) is 4.36. The summed E-state index contributed by atoms with van der Waals surface area (Å²) < 4.78 is 10.5. The van der Waals surface area contributed by atoms with Crippen molar-refractivity contribution < 1.29 is 14.6 Å². The van der Waals surface area contributed by atoms with E-state index in [0.29, 0.717) is 24.0 Å². The number of benzene rings is 1. The summed E-state index contributed by atoms with van der Waals surface area (Å²) in [6, 6.07) is 3.83. The second-order valence-corrected chi connectivity index (χ2v) is 4.36. The normalized spacial score (nSPS) is 22.4. The molecule has 0 aliphatic heterocycles. The molecule has 94 valence electrons. The first-order chi connectivity index (χ1) is 8.21. The minimum atomic E-state index is -0.415. The average Bonchev–Trinajstić information content (AvgIpc) is 2.65. The highest BCUT2D eigenvalue weighted by atomic mass is 16.5. The number of hydrogen-bond acceptors (Lipinski definition) is 4. The van der Waals surface area contributed by atoms with Crippen molar-refractivity contribution >= 4 is 0 Å². The fourth-order valence-corrected chi connectivity index (χ4v) is 2.55. The first kappa shape index (κ1) is 12.2. The molecule has 1 aromatic carbocycles. The standard InChI is InChI=1S/C13H19NO3/c1-16-12-6-9-8(3-4-14)5-11(15)10(9)7-13(12)17-2/h6-8,11,15H,3-5,14H2,1-2H3. The molecule has 0 saturated carbocycles. The van der Waals surface area contributed by atoms with Crippen molar-refractivity contribution in [1.82, 2.24) is 0 Å². The number of nitrogens with two attached hydrogens (primary N) is 1. The van der Waals surface area contributed by atoms with Crippen LogP contribution in [0.15, 0.2) is 12.1 Å². The first-order valence-corrected chi connectivity index (χ1v) is 5.85.